The number of esters is 4. The van der Waals surface area contributed by atoms with Gasteiger partial charge < -0.3 is 63.6 Å². The van der Waals surface area contributed by atoms with E-state index in [4.69, 9.17) is 63.6 Å². The zero-order valence-electron chi connectivity index (χ0n) is 38.5. The molecule has 0 bridgehead atoms. The van der Waals surface area contributed by atoms with Gasteiger partial charge in [-0.05, 0) is 57.9 Å². The fraction of sp³-hybridized carbons (Fsp3) is 0.545. The topological polar surface area (TPSA) is 364 Å². The molecule has 0 saturated carbocycles. The number of hydrogen-bond acceptors (Lipinski definition) is 25. The Morgan fingerprint density at radius 1 is 0.732 bits per heavy atom. The lowest BCUT2D eigenvalue weighted by Crippen LogP contribution is -2.46. The largest absolute Gasteiger partial charge is 0.508 e. The van der Waals surface area contributed by atoms with Crippen molar-refractivity contribution in [3.8, 4) is 12.1 Å². The fourth-order valence-electron chi connectivity index (χ4n) is 8.60. The Bertz CT molecular complexity index is 2800. The summed E-state index contributed by atoms with van der Waals surface area (Å²) in [6, 6.07) is 10.0. The molecule has 4 N–H and O–H groups in total. The molecular formula is C44H48N10O17. The summed E-state index contributed by atoms with van der Waals surface area (Å²) in [5.41, 5.74) is 8.46. The molecule has 1 unspecified atom stereocenters. The van der Waals surface area contributed by atoms with E-state index in [-0.39, 0.29) is 85.2 Å². The van der Waals surface area contributed by atoms with Crippen LogP contribution in [0.25, 0.3) is 11.0 Å². The van der Waals surface area contributed by atoms with Crippen LogP contribution in [0.5, 0.6) is 0 Å². The van der Waals surface area contributed by atoms with E-state index in [1.54, 1.807) is 13.8 Å². The lowest BCUT2D eigenvalue weighted by molar-refractivity contribution is -0.171. The van der Waals surface area contributed by atoms with Gasteiger partial charge in [0.05, 0.1) is 43.5 Å². The second-order valence-corrected chi connectivity index (χ2v) is 17.1. The monoisotopic (exact) mass is 988 g/mol. The van der Waals surface area contributed by atoms with Gasteiger partial charge in [-0.3, -0.25) is 19.2 Å². The van der Waals surface area contributed by atoms with Crippen LogP contribution >= 0.6 is 0 Å². The van der Waals surface area contributed by atoms with Crippen molar-refractivity contribution in [3.05, 3.63) is 47.8 Å². The number of nitriles is 2. The third kappa shape index (κ3) is 10.1. The first kappa shape index (κ1) is 49.5. The van der Waals surface area contributed by atoms with Crippen molar-refractivity contribution >= 4 is 58.9 Å². The first-order chi connectivity index (χ1) is 34.0. The summed E-state index contributed by atoms with van der Waals surface area (Å²) in [6.45, 7) is 3.26. The van der Waals surface area contributed by atoms with Crippen molar-refractivity contribution in [1.82, 2.24) is 29.2 Å². The van der Waals surface area contributed by atoms with E-state index in [0.29, 0.717) is 12.8 Å². The van der Waals surface area contributed by atoms with Crippen LogP contribution < -0.4 is 11.5 Å². The number of nitrogens with zero attached hydrogens (tertiary/aromatic N) is 8. The summed E-state index contributed by atoms with van der Waals surface area (Å²) in [5.74, 6) is -3.03. The summed E-state index contributed by atoms with van der Waals surface area (Å²) < 4.78 is 65.0. The second kappa shape index (κ2) is 20.6. The van der Waals surface area contributed by atoms with Gasteiger partial charge in [-0.2, -0.15) is 20.7 Å². The van der Waals surface area contributed by atoms with Crippen LogP contribution in [-0.4, -0.2) is 141 Å². The normalized spacial score (nSPS) is 27.6. The highest BCUT2D eigenvalue weighted by Gasteiger charge is 2.64. The maximum atomic E-state index is 13.4. The highest BCUT2D eigenvalue weighted by molar-refractivity contribution is 5.74. The first-order valence-corrected chi connectivity index (χ1v) is 22.5. The van der Waals surface area contributed by atoms with Crippen LogP contribution in [0.15, 0.2) is 30.6 Å². The number of fused-ring (bicyclic) bond motifs is 4. The molecule has 27 heteroatoms. The number of nitrogens with two attached hydrogens (primary N) is 2. The van der Waals surface area contributed by atoms with Crippen LogP contribution in [0, 0.1) is 22.7 Å². The lowest BCUT2D eigenvalue weighted by atomic mass is 9.92. The Balaban J connectivity index is 1.03. The molecular weight excluding hydrogens is 941 g/mol. The van der Waals surface area contributed by atoms with E-state index in [2.05, 4.69) is 32.3 Å². The predicted octanol–water partition coefficient (Wildman–Crippen LogP) is 1.55. The number of nitrogen functional groups attached to an aromatic ring is 2. The Hall–Kier alpha value is -7.88. The Labute approximate surface area is 402 Å². The molecule has 8 rings (SSSR count). The third-order valence-electron chi connectivity index (χ3n) is 11.8. The summed E-state index contributed by atoms with van der Waals surface area (Å²) in [4.78, 5) is 86.5. The zero-order valence-corrected chi connectivity index (χ0v) is 38.5. The SMILES string of the molecule is CC(C)OC(=O)OC[C@H]1O[C@@](C#N)(c2ccc3c(N)nc(CC(C)OC(=O)OC[C@H]4O[C@@](C#N)(c5ccc6c(N)ncnn56)[C@@H]5OC(=O)CCOCCC(=O)O[C@@H]54)nn23)[C@@H]2OC(=O)CCCCC(=O)O[C@@H]21. The molecule has 4 aromatic heterocycles. The number of aromatic nitrogens is 6. The molecule has 4 saturated heterocycles. The third-order valence-corrected chi connectivity index (χ3v) is 11.8. The van der Waals surface area contributed by atoms with Gasteiger partial charge in [0.1, 0.15) is 61.0 Å². The van der Waals surface area contributed by atoms with E-state index < -0.39 is 109 Å². The fourth-order valence-corrected chi connectivity index (χ4v) is 8.60. The molecule has 376 valence electrons. The summed E-state index contributed by atoms with van der Waals surface area (Å²) in [7, 11) is 0. The number of anilines is 2. The molecule has 27 nitrogen and oxygen atoms in total. The average molecular weight is 989 g/mol. The Kier molecular flexibility index (Phi) is 14.4. The second-order valence-electron chi connectivity index (χ2n) is 17.1. The van der Waals surface area contributed by atoms with Gasteiger partial charge in [-0.1, -0.05) is 0 Å². The van der Waals surface area contributed by atoms with E-state index in [9.17, 15) is 39.3 Å². The van der Waals surface area contributed by atoms with Gasteiger partial charge in [0.15, 0.2) is 41.9 Å². The molecule has 8 heterocycles. The van der Waals surface area contributed by atoms with Gasteiger partial charge in [-0.25, -0.2) is 28.6 Å². The molecule has 4 aromatic rings. The van der Waals surface area contributed by atoms with Gasteiger partial charge in [0, 0.05) is 19.3 Å². The summed E-state index contributed by atoms with van der Waals surface area (Å²) >= 11 is 0. The molecule has 0 amide bonds. The number of rotatable bonds is 10. The van der Waals surface area contributed by atoms with Gasteiger partial charge in [-0.15, -0.1) is 0 Å². The van der Waals surface area contributed by atoms with Crippen molar-refractivity contribution in [2.75, 3.05) is 37.9 Å². The molecule has 0 aliphatic carbocycles. The standard InChI is InChI=1S/C44H48N10O17/c1-22(2)64-41(59)62-17-26-35-38(68-32(56)7-5-4-6-31(55)66-35)44(20-46,71-26)29-11-9-25-40(48)51-30(52-54(25)29)16-23(3)65-42(60)63-18-27-36-37(69-34(58)13-15-61-14-12-33(57)67-36)43(19-45,70-27)28-10-8-24-39(47)49-21-50-53(24)28/h8-11,21-23,26-27,35-38H,4-7,12-18H2,1-3H3,(H2,47,49,50)(H2,48,51,52)/t23?,26-,27-,35-,36-,37-,38-,43+,44+/m1/s1. The molecule has 4 aliphatic rings. The highest BCUT2D eigenvalue weighted by atomic mass is 16.7. The summed E-state index contributed by atoms with van der Waals surface area (Å²) in [5, 5.41) is 30.6. The van der Waals surface area contributed by atoms with Crippen molar-refractivity contribution < 1.29 is 80.9 Å². The van der Waals surface area contributed by atoms with Crippen molar-refractivity contribution in [1.29, 1.82) is 10.5 Å². The van der Waals surface area contributed by atoms with Gasteiger partial charge >= 0.3 is 36.2 Å². The van der Waals surface area contributed by atoms with Crippen molar-refractivity contribution in [2.45, 2.75) is 126 Å². The Morgan fingerprint density at radius 2 is 1.24 bits per heavy atom. The van der Waals surface area contributed by atoms with Gasteiger partial charge in [0.25, 0.3) is 0 Å². The lowest BCUT2D eigenvalue weighted by Gasteiger charge is -2.29. The average Bonchev–Trinajstić information content (AvgIpc) is 4.09. The summed E-state index contributed by atoms with van der Waals surface area (Å²) in [6.07, 6.45) is -11.9. The zero-order chi connectivity index (χ0) is 50.6. The van der Waals surface area contributed by atoms with Crippen LogP contribution in [-0.2, 0) is 88.9 Å². The molecule has 4 aliphatic heterocycles. The van der Waals surface area contributed by atoms with Gasteiger partial charge in [0.2, 0.25) is 11.2 Å². The molecule has 0 aromatic carbocycles. The highest BCUT2D eigenvalue weighted by Crippen LogP contribution is 2.46. The van der Waals surface area contributed by atoms with E-state index in [1.165, 1.54) is 40.2 Å². The van der Waals surface area contributed by atoms with Crippen LogP contribution in [0.4, 0.5) is 21.2 Å². The quantitative estimate of drug-likeness (QED) is 0.168. The molecule has 0 spiro atoms. The Morgan fingerprint density at radius 3 is 1.80 bits per heavy atom. The van der Waals surface area contributed by atoms with Crippen LogP contribution in [0.3, 0.4) is 0 Å². The maximum absolute atomic E-state index is 13.4. The molecule has 0 radical (unpaired) electrons. The minimum Gasteiger partial charge on any atom is -0.455 e. The molecule has 4 fully saturated rings. The molecule has 9 atom stereocenters. The molecule has 71 heavy (non-hydrogen) atoms. The minimum atomic E-state index is -2.25. The van der Waals surface area contributed by atoms with Crippen molar-refractivity contribution in [3.63, 3.8) is 0 Å². The number of carbonyl (C=O) groups is 6. The number of carbonyl (C=O) groups excluding carboxylic acids is 6. The number of ether oxygens (including phenoxy) is 11. The first-order valence-electron chi connectivity index (χ1n) is 22.5. The van der Waals surface area contributed by atoms with Crippen LogP contribution in [0.1, 0.15) is 76.5 Å². The van der Waals surface area contributed by atoms with Crippen molar-refractivity contribution in [2.24, 2.45) is 0 Å². The van der Waals surface area contributed by atoms with E-state index in [1.807, 2.05) is 0 Å². The maximum Gasteiger partial charge on any atom is 0.508 e. The van der Waals surface area contributed by atoms with Crippen LogP contribution in [0.2, 0.25) is 0 Å². The minimum absolute atomic E-state index is 0.0270. The predicted molar refractivity (Wildman–Crippen MR) is 230 cm³/mol. The van der Waals surface area contributed by atoms with E-state index >= 15 is 0 Å². The smallest absolute Gasteiger partial charge is 0.455 e. The number of hydrogen-bond donors (Lipinski definition) is 2. The van der Waals surface area contributed by atoms with E-state index in [0.717, 1.165) is 6.33 Å².